The first-order valence-electron chi connectivity index (χ1n) is 6.55. The third-order valence-electron chi connectivity index (χ3n) is 3.25. The van der Waals surface area contributed by atoms with Gasteiger partial charge in [0.15, 0.2) is 12.0 Å². The topological polar surface area (TPSA) is 57.0 Å². The second-order valence-corrected chi connectivity index (χ2v) is 4.53. The molecule has 1 aromatic heterocycles. The van der Waals surface area contributed by atoms with Crippen LogP contribution in [0.5, 0.6) is 5.75 Å². The van der Waals surface area contributed by atoms with Gasteiger partial charge in [0, 0.05) is 5.56 Å². The molecule has 6 heteroatoms. The number of halogens is 1. The lowest BCUT2D eigenvalue weighted by Crippen LogP contribution is -2.01. The summed E-state index contributed by atoms with van der Waals surface area (Å²) in [5.74, 6) is 0.245. The number of carbonyl (C=O) groups is 1. The average molecular weight is 297 g/mol. The van der Waals surface area contributed by atoms with Crippen molar-refractivity contribution in [1.29, 1.82) is 0 Å². The molecule has 0 fully saturated rings. The van der Waals surface area contributed by atoms with Gasteiger partial charge in [0.2, 0.25) is 0 Å². The number of hydrogen-bond donors (Lipinski definition) is 0. The molecular formula is C16H12FN3O2. The number of hydrogen-bond acceptors (Lipinski definition) is 4. The minimum Gasteiger partial charge on any atom is -0.497 e. The third-order valence-corrected chi connectivity index (χ3v) is 3.25. The van der Waals surface area contributed by atoms with Crippen molar-refractivity contribution < 1.29 is 13.9 Å². The summed E-state index contributed by atoms with van der Waals surface area (Å²) in [6.45, 7) is 0. The molecule has 0 unspecified atom stereocenters. The number of carbonyl (C=O) groups excluding carboxylic acids is 1. The lowest BCUT2D eigenvalue weighted by molar-refractivity contribution is 0.111. The van der Waals surface area contributed by atoms with Crippen LogP contribution in [0.25, 0.3) is 16.9 Å². The van der Waals surface area contributed by atoms with Crippen LogP contribution in [0, 0.1) is 5.82 Å². The van der Waals surface area contributed by atoms with Gasteiger partial charge in [0.1, 0.15) is 17.3 Å². The monoisotopic (exact) mass is 297 g/mol. The van der Waals surface area contributed by atoms with E-state index in [4.69, 9.17) is 4.74 Å². The van der Waals surface area contributed by atoms with E-state index in [0.717, 1.165) is 0 Å². The minimum absolute atomic E-state index is 0.0842. The molecule has 0 saturated heterocycles. The first kappa shape index (κ1) is 13.9. The van der Waals surface area contributed by atoms with Crippen LogP contribution in [0.1, 0.15) is 10.5 Å². The predicted molar refractivity (Wildman–Crippen MR) is 78.7 cm³/mol. The number of rotatable bonds is 4. The van der Waals surface area contributed by atoms with Crippen molar-refractivity contribution in [3.63, 3.8) is 0 Å². The Morgan fingerprint density at radius 3 is 2.50 bits per heavy atom. The van der Waals surface area contributed by atoms with Crippen LogP contribution < -0.4 is 4.74 Å². The largest absolute Gasteiger partial charge is 0.497 e. The highest BCUT2D eigenvalue weighted by molar-refractivity contribution is 5.84. The average Bonchev–Trinajstić information content (AvgIpc) is 2.99. The zero-order chi connectivity index (χ0) is 15.5. The highest BCUT2D eigenvalue weighted by Gasteiger charge is 2.18. The smallest absolute Gasteiger partial charge is 0.172 e. The lowest BCUT2D eigenvalue weighted by Gasteiger charge is -2.08. The molecule has 22 heavy (non-hydrogen) atoms. The van der Waals surface area contributed by atoms with E-state index in [-0.39, 0.29) is 11.3 Å². The fraction of sp³-hybridized carbons (Fsp3) is 0.0625. The van der Waals surface area contributed by atoms with Crippen molar-refractivity contribution in [2.24, 2.45) is 0 Å². The predicted octanol–water partition coefficient (Wildman–Crippen LogP) is 2.89. The van der Waals surface area contributed by atoms with E-state index in [2.05, 4.69) is 10.3 Å². The van der Waals surface area contributed by atoms with E-state index < -0.39 is 5.82 Å². The van der Waals surface area contributed by atoms with Crippen LogP contribution in [0.3, 0.4) is 0 Å². The Labute approximate surface area is 126 Å². The van der Waals surface area contributed by atoms with Crippen molar-refractivity contribution in [2.45, 2.75) is 0 Å². The summed E-state index contributed by atoms with van der Waals surface area (Å²) in [6.07, 6.45) is 0.564. The molecule has 0 aliphatic rings. The number of methoxy groups -OCH3 is 1. The lowest BCUT2D eigenvalue weighted by atomic mass is 10.1. The zero-order valence-electron chi connectivity index (χ0n) is 11.7. The van der Waals surface area contributed by atoms with Crippen LogP contribution >= 0.6 is 0 Å². The molecule has 0 amide bonds. The highest BCUT2D eigenvalue weighted by Crippen LogP contribution is 2.27. The minimum atomic E-state index is -0.442. The van der Waals surface area contributed by atoms with Gasteiger partial charge < -0.3 is 4.74 Å². The van der Waals surface area contributed by atoms with E-state index in [1.165, 1.54) is 10.7 Å². The molecule has 1 heterocycles. The summed E-state index contributed by atoms with van der Waals surface area (Å²) in [6, 6.07) is 13.2. The van der Waals surface area contributed by atoms with Gasteiger partial charge in [-0.15, -0.1) is 5.10 Å². The summed E-state index contributed by atoms with van der Waals surface area (Å²) in [5.41, 5.74) is 1.32. The number of nitrogens with zero attached hydrogens (tertiary/aromatic N) is 3. The Hall–Kier alpha value is -3.02. The summed E-state index contributed by atoms with van der Waals surface area (Å²) >= 11 is 0. The second-order valence-electron chi connectivity index (χ2n) is 4.53. The maximum atomic E-state index is 14.1. The van der Waals surface area contributed by atoms with Crippen LogP contribution in [-0.2, 0) is 0 Å². The first-order chi connectivity index (χ1) is 10.7. The molecule has 3 rings (SSSR count). The highest BCUT2D eigenvalue weighted by atomic mass is 19.1. The summed E-state index contributed by atoms with van der Waals surface area (Å²) in [5, 5.41) is 7.78. The SMILES string of the molecule is COc1ccc(-n2nnc(C=O)c2-c2ccccc2F)cc1. The molecule has 0 atom stereocenters. The molecule has 0 spiro atoms. The number of aromatic nitrogens is 3. The van der Waals surface area contributed by atoms with Gasteiger partial charge in [0.05, 0.1) is 12.8 Å². The molecule has 110 valence electrons. The normalized spacial score (nSPS) is 10.5. The molecule has 0 aliphatic heterocycles. The maximum absolute atomic E-state index is 14.1. The Morgan fingerprint density at radius 2 is 1.86 bits per heavy atom. The standard InChI is InChI=1S/C16H12FN3O2/c1-22-12-8-6-11(7-9-12)20-16(15(10-21)18-19-20)13-4-2-3-5-14(13)17/h2-10H,1H3. The van der Waals surface area contributed by atoms with Gasteiger partial charge in [-0.3, -0.25) is 4.79 Å². The third kappa shape index (κ3) is 2.35. The van der Waals surface area contributed by atoms with Gasteiger partial charge in [-0.1, -0.05) is 17.3 Å². The molecule has 3 aromatic rings. The van der Waals surface area contributed by atoms with Crippen molar-refractivity contribution >= 4 is 6.29 Å². The van der Waals surface area contributed by atoms with Gasteiger partial charge in [-0.2, -0.15) is 0 Å². The van der Waals surface area contributed by atoms with E-state index in [0.29, 0.717) is 23.4 Å². The Balaban J connectivity index is 2.19. The van der Waals surface area contributed by atoms with Gasteiger partial charge in [-0.25, -0.2) is 9.07 Å². The van der Waals surface area contributed by atoms with Crippen LogP contribution in [0.4, 0.5) is 4.39 Å². The molecule has 2 aromatic carbocycles. The summed E-state index contributed by atoms with van der Waals surface area (Å²) < 4.78 is 20.6. The fourth-order valence-corrected chi connectivity index (χ4v) is 2.18. The maximum Gasteiger partial charge on any atom is 0.172 e. The first-order valence-corrected chi connectivity index (χ1v) is 6.55. The second kappa shape index (κ2) is 5.77. The van der Waals surface area contributed by atoms with Crippen molar-refractivity contribution in [3.05, 3.63) is 60.0 Å². The molecule has 0 N–H and O–H groups in total. The van der Waals surface area contributed by atoms with E-state index >= 15 is 0 Å². The molecule has 0 saturated carbocycles. The molecule has 0 radical (unpaired) electrons. The quantitative estimate of drug-likeness (QED) is 0.695. The fourth-order valence-electron chi connectivity index (χ4n) is 2.18. The number of aldehydes is 1. The van der Waals surface area contributed by atoms with Gasteiger partial charge >= 0.3 is 0 Å². The van der Waals surface area contributed by atoms with Crippen molar-refractivity contribution in [1.82, 2.24) is 15.0 Å². The Morgan fingerprint density at radius 1 is 1.14 bits per heavy atom. The number of benzene rings is 2. The number of ether oxygens (including phenoxy) is 1. The van der Waals surface area contributed by atoms with E-state index in [9.17, 15) is 9.18 Å². The van der Waals surface area contributed by atoms with E-state index in [1.807, 2.05) is 0 Å². The molecular weight excluding hydrogens is 285 g/mol. The Bertz CT molecular complexity index is 813. The van der Waals surface area contributed by atoms with Crippen LogP contribution in [0.2, 0.25) is 0 Å². The van der Waals surface area contributed by atoms with E-state index in [1.54, 1.807) is 49.6 Å². The molecule has 5 nitrogen and oxygen atoms in total. The summed E-state index contributed by atoms with van der Waals surface area (Å²) in [7, 11) is 1.57. The zero-order valence-corrected chi connectivity index (χ0v) is 11.7. The van der Waals surface area contributed by atoms with Crippen molar-refractivity contribution in [2.75, 3.05) is 7.11 Å². The Kier molecular flexibility index (Phi) is 3.65. The van der Waals surface area contributed by atoms with Gasteiger partial charge in [-0.05, 0) is 36.4 Å². The van der Waals surface area contributed by atoms with Gasteiger partial charge in [0.25, 0.3) is 0 Å². The van der Waals surface area contributed by atoms with Crippen LogP contribution in [-0.4, -0.2) is 28.4 Å². The van der Waals surface area contributed by atoms with Crippen molar-refractivity contribution in [3.8, 4) is 22.7 Å². The summed E-state index contributed by atoms with van der Waals surface area (Å²) in [4.78, 5) is 11.2. The molecule has 0 aliphatic carbocycles. The molecule has 0 bridgehead atoms. The van der Waals surface area contributed by atoms with Crippen LogP contribution in [0.15, 0.2) is 48.5 Å².